The first-order valence-electron chi connectivity index (χ1n) is 4.40. The Balaban J connectivity index is 2.45. The van der Waals surface area contributed by atoms with Gasteiger partial charge in [0.15, 0.2) is 0 Å². The van der Waals surface area contributed by atoms with Crippen LogP contribution in [0.3, 0.4) is 0 Å². The quantitative estimate of drug-likeness (QED) is 0.853. The molecule has 1 atom stereocenters. The third kappa shape index (κ3) is 3.79. The smallest absolute Gasteiger partial charge is 0.0709 e. The van der Waals surface area contributed by atoms with Crippen LogP contribution in [0.15, 0.2) is 28.7 Å². The first-order chi connectivity index (χ1) is 6.22. The second-order valence-corrected chi connectivity index (χ2v) is 3.87. The number of hydrogen-bond donors (Lipinski definition) is 2. The molecule has 1 unspecified atom stereocenters. The van der Waals surface area contributed by atoms with Gasteiger partial charge < -0.3 is 10.4 Å². The Morgan fingerprint density at radius 1 is 1.54 bits per heavy atom. The highest BCUT2D eigenvalue weighted by Gasteiger charge is 1.99. The topological polar surface area (TPSA) is 32.3 Å². The van der Waals surface area contributed by atoms with Crippen molar-refractivity contribution < 1.29 is 5.11 Å². The molecule has 3 heteroatoms. The van der Waals surface area contributed by atoms with Crippen LogP contribution in [0.1, 0.15) is 13.3 Å². The van der Waals surface area contributed by atoms with Gasteiger partial charge in [0.25, 0.3) is 0 Å². The third-order valence-electron chi connectivity index (χ3n) is 1.84. The van der Waals surface area contributed by atoms with E-state index in [0.29, 0.717) is 6.54 Å². The van der Waals surface area contributed by atoms with Gasteiger partial charge in [-0.15, -0.1) is 0 Å². The average Bonchev–Trinajstić information content (AvgIpc) is 2.14. The summed E-state index contributed by atoms with van der Waals surface area (Å²) in [5, 5.41) is 12.5. The minimum Gasteiger partial charge on any atom is -0.391 e. The average molecular weight is 244 g/mol. The Hall–Kier alpha value is -0.540. The highest BCUT2D eigenvalue weighted by molar-refractivity contribution is 9.10. The van der Waals surface area contributed by atoms with E-state index in [-0.39, 0.29) is 6.10 Å². The van der Waals surface area contributed by atoms with Crippen LogP contribution < -0.4 is 5.32 Å². The van der Waals surface area contributed by atoms with E-state index < -0.39 is 0 Å². The summed E-state index contributed by atoms with van der Waals surface area (Å²) in [6, 6.07) is 7.90. The second kappa shape index (κ2) is 5.25. The Morgan fingerprint density at radius 3 is 2.92 bits per heavy atom. The van der Waals surface area contributed by atoms with Crippen molar-refractivity contribution in [2.45, 2.75) is 19.4 Å². The van der Waals surface area contributed by atoms with Gasteiger partial charge in [-0.3, -0.25) is 0 Å². The van der Waals surface area contributed by atoms with Gasteiger partial charge in [0, 0.05) is 16.7 Å². The summed E-state index contributed by atoms with van der Waals surface area (Å²) < 4.78 is 1.04. The molecule has 0 bridgehead atoms. The maximum Gasteiger partial charge on any atom is 0.0709 e. The molecule has 0 saturated carbocycles. The van der Waals surface area contributed by atoms with Gasteiger partial charge in [-0.25, -0.2) is 0 Å². The number of halogens is 1. The fourth-order valence-electron chi connectivity index (χ4n) is 0.978. The molecular formula is C10H14BrNO. The highest BCUT2D eigenvalue weighted by atomic mass is 79.9. The number of benzene rings is 1. The minimum atomic E-state index is -0.265. The SMILES string of the molecule is CCC(O)CNc1cccc(Br)c1. The van der Waals surface area contributed by atoms with Crippen LogP contribution in [-0.2, 0) is 0 Å². The van der Waals surface area contributed by atoms with Crippen molar-refractivity contribution in [2.24, 2.45) is 0 Å². The predicted molar refractivity (Wildman–Crippen MR) is 58.9 cm³/mol. The van der Waals surface area contributed by atoms with Crippen molar-refractivity contribution in [2.75, 3.05) is 11.9 Å². The van der Waals surface area contributed by atoms with Gasteiger partial charge >= 0.3 is 0 Å². The molecule has 13 heavy (non-hydrogen) atoms. The van der Waals surface area contributed by atoms with Crippen LogP contribution in [0.5, 0.6) is 0 Å². The molecule has 0 fully saturated rings. The number of hydrogen-bond acceptors (Lipinski definition) is 2. The van der Waals surface area contributed by atoms with Crippen LogP contribution in [0.2, 0.25) is 0 Å². The van der Waals surface area contributed by atoms with E-state index in [0.717, 1.165) is 16.6 Å². The summed E-state index contributed by atoms with van der Waals surface area (Å²) in [6.45, 7) is 2.57. The summed E-state index contributed by atoms with van der Waals surface area (Å²) in [6.07, 6.45) is 0.514. The molecule has 2 nitrogen and oxygen atoms in total. The van der Waals surface area contributed by atoms with Crippen molar-refractivity contribution in [3.63, 3.8) is 0 Å². The molecule has 1 aromatic rings. The third-order valence-corrected chi connectivity index (χ3v) is 2.33. The normalized spacial score (nSPS) is 12.5. The molecule has 0 aromatic heterocycles. The largest absolute Gasteiger partial charge is 0.391 e. The van der Waals surface area contributed by atoms with E-state index in [1.54, 1.807) is 0 Å². The zero-order valence-corrected chi connectivity index (χ0v) is 9.21. The summed E-state index contributed by atoms with van der Waals surface area (Å²) in [5.74, 6) is 0. The molecule has 2 N–H and O–H groups in total. The molecular weight excluding hydrogens is 230 g/mol. The maximum absolute atomic E-state index is 9.31. The predicted octanol–water partition coefficient (Wildman–Crippen LogP) is 2.63. The first kappa shape index (κ1) is 10.5. The van der Waals surface area contributed by atoms with Crippen molar-refractivity contribution >= 4 is 21.6 Å². The van der Waals surface area contributed by atoms with E-state index >= 15 is 0 Å². The molecule has 0 aliphatic heterocycles. The fourth-order valence-corrected chi connectivity index (χ4v) is 1.38. The lowest BCUT2D eigenvalue weighted by Gasteiger charge is -2.10. The van der Waals surface area contributed by atoms with Crippen LogP contribution in [0.4, 0.5) is 5.69 Å². The van der Waals surface area contributed by atoms with Crippen molar-refractivity contribution in [3.05, 3.63) is 28.7 Å². The molecule has 0 saturated heterocycles. The summed E-state index contributed by atoms with van der Waals surface area (Å²) in [5.41, 5.74) is 1.03. The van der Waals surface area contributed by atoms with Crippen LogP contribution in [-0.4, -0.2) is 17.8 Å². The van der Waals surface area contributed by atoms with E-state index in [1.807, 2.05) is 31.2 Å². The van der Waals surface area contributed by atoms with Crippen molar-refractivity contribution in [1.29, 1.82) is 0 Å². The van der Waals surface area contributed by atoms with E-state index in [2.05, 4.69) is 21.2 Å². The summed E-state index contributed by atoms with van der Waals surface area (Å²) in [4.78, 5) is 0. The second-order valence-electron chi connectivity index (χ2n) is 2.95. The van der Waals surface area contributed by atoms with Gasteiger partial charge in [0.1, 0.15) is 0 Å². The van der Waals surface area contributed by atoms with Gasteiger partial charge in [-0.1, -0.05) is 28.9 Å². The molecule has 0 aliphatic carbocycles. The zero-order valence-electron chi connectivity index (χ0n) is 7.63. The first-order valence-corrected chi connectivity index (χ1v) is 5.19. The number of anilines is 1. The molecule has 1 rings (SSSR count). The van der Waals surface area contributed by atoms with Gasteiger partial charge in [0.05, 0.1) is 6.10 Å². The van der Waals surface area contributed by atoms with Crippen molar-refractivity contribution in [3.8, 4) is 0 Å². The number of aliphatic hydroxyl groups excluding tert-OH is 1. The monoisotopic (exact) mass is 243 g/mol. The minimum absolute atomic E-state index is 0.265. The Kier molecular flexibility index (Phi) is 4.25. The van der Waals surface area contributed by atoms with Gasteiger partial charge in [-0.05, 0) is 24.6 Å². The van der Waals surface area contributed by atoms with E-state index in [1.165, 1.54) is 0 Å². The van der Waals surface area contributed by atoms with E-state index in [4.69, 9.17) is 0 Å². The molecule has 0 aliphatic rings. The lowest BCUT2D eigenvalue weighted by Crippen LogP contribution is -2.17. The van der Waals surface area contributed by atoms with Crippen LogP contribution in [0, 0.1) is 0 Å². The Labute approximate surface area is 87.1 Å². The van der Waals surface area contributed by atoms with Gasteiger partial charge in [0.2, 0.25) is 0 Å². The Morgan fingerprint density at radius 2 is 2.31 bits per heavy atom. The van der Waals surface area contributed by atoms with E-state index in [9.17, 15) is 5.11 Å². The molecule has 0 spiro atoms. The lowest BCUT2D eigenvalue weighted by atomic mass is 10.2. The molecule has 72 valence electrons. The lowest BCUT2D eigenvalue weighted by molar-refractivity contribution is 0.183. The van der Waals surface area contributed by atoms with Crippen LogP contribution >= 0.6 is 15.9 Å². The molecule has 0 radical (unpaired) electrons. The van der Waals surface area contributed by atoms with Gasteiger partial charge in [-0.2, -0.15) is 0 Å². The summed E-state index contributed by atoms with van der Waals surface area (Å²) >= 11 is 3.38. The Bertz CT molecular complexity index is 265. The molecule has 0 heterocycles. The fraction of sp³-hybridized carbons (Fsp3) is 0.400. The summed E-state index contributed by atoms with van der Waals surface area (Å²) in [7, 11) is 0. The zero-order chi connectivity index (χ0) is 9.68. The maximum atomic E-state index is 9.31. The standard InChI is InChI=1S/C10H14BrNO/c1-2-10(13)7-12-9-5-3-4-8(11)6-9/h3-6,10,12-13H,2,7H2,1H3. The number of rotatable bonds is 4. The molecule has 1 aromatic carbocycles. The molecule has 0 amide bonds. The van der Waals surface area contributed by atoms with Crippen LogP contribution in [0.25, 0.3) is 0 Å². The highest BCUT2D eigenvalue weighted by Crippen LogP contribution is 2.15. The number of nitrogens with one attached hydrogen (secondary N) is 1. The van der Waals surface area contributed by atoms with Crippen molar-refractivity contribution in [1.82, 2.24) is 0 Å². The number of aliphatic hydroxyl groups is 1.